The van der Waals surface area contributed by atoms with Crippen LogP contribution in [0.1, 0.15) is 56.4 Å². The molecule has 0 aliphatic carbocycles. The van der Waals surface area contributed by atoms with E-state index >= 15 is 0 Å². The molecule has 1 aliphatic rings. The topological polar surface area (TPSA) is 82.6 Å². The van der Waals surface area contributed by atoms with Crippen molar-refractivity contribution in [3.8, 4) is 0 Å². The lowest BCUT2D eigenvalue weighted by Crippen LogP contribution is -2.41. The monoisotopic (exact) mass is 361 g/mol. The third-order valence-corrected chi connectivity index (χ3v) is 4.69. The fourth-order valence-corrected chi connectivity index (χ4v) is 2.59. The van der Waals surface area contributed by atoms with Gasteiger partial charge in [-0.2, -0.15) is 0 Å². The molecule has 26 heavy (non-hydrogen) atoms. The number of aromatic nitrogens is 2. The molecular formula is C18H28BN3O4. The van der Waals surface area contributed by atoms with Gasteiger partial charge in [0.25, 0.3) is 0 Å². The molecule has 1 N–H and O–H groups in total. The van der Waals surface area contributed by atoms with Crippen molar-refractivity contribution in [2.45, 2.75) is 59.7 Å². The van der Waals surface area contributed by atoms with E-state index in [0.29, 0.717) is 36.1 Å². The fraction of sp³-hybridized carbons (Fsp3) is 0.611. The van der Waals surface area contributed by atoms with Crippen LogP contribution < -0.4 is 5.32 Å². The van der Waals surface area contributed by atoms with Gasteiger partial charge in [0, 0.05) is 6.54 Å². The Hall–Kier alpha value is -1.93. The Bertz CT molecular complexity index is 665. The number of esters is 1. The minimum atomic E-state index is -0.394. The first-order chi connectivity index (χ1) is 12.1. The summed E-state index contributed by atoms with van der Waals surface area (Å²) in [4.78, 5) is 20.6. The third-order valence-electron chi connectivity index (χ3n) is 4.69. The smallest absolute Gasteiger partial charge is 0.462 e. The molecule has 2 rings (SSSR count). The van der Waals surface area contributed by atoms with Crippen LogP contribution in [-0.2, 0) is 14.0 Å². The Labute approximate surface area is 155 Å². The van der Waals surface area contributed by atoms with Gasteiger partial charge in [-0.3, -0.25) is 0 Å². The molecule has 0 bridgehead atoms. The predicted molar refractivity (Wildman–Crippen MR) is 101 cm³/mol. The molecule has 1 aromatic rings. The third kappa shape index (κ3) is 4.42. The maximum Gasteiger partial charge on any atom is 0.486 e. The van der Waals surface area contributed by atoms with Crippen LogP contribution in [0.4, 0.5) is 5.95 Å². The lowest BCUT2D eigenvalue weighted by Gasteiger charge is -2.32. The molecule has 1 aromatic heterocycles. The highest BCUT2D eigenvalue weighted by Gasteiger charge is 2.49. The fourth-order valence-electron chi connectivity index (χ4n) is 2.59. The summed E-state index contributed by atoms with van der Waals surface area (Å²) in [6, 6.07) is 0. The van der Waals surface area contributed by atoms with Crippen LogP contribution in [0.2, 0.25) is 0 Å². The molecule has 1 saturated heterocycles. The molecule has 1 aliphatic heterocycles. The normalized spacial score (nSPS) is 18.3. The van der Waals surface area contributed by atoms with E-state index in [9.17, 15) is 4.79 Å². The molecular weight excluding hydrogens is 333 g/mol. The van der Waals surface area contributed by atoms with E-state index in [0.717, 1.165) is 0 Å². The number of nitrogens with one attached hydrogen (secondary N) is 1. The van der Waals surface area contributed by atoms with Crippen LogP contribution >= 0.6 is 0 Å². The van der Waals surface area contributed by atoms with Gasteiger partial charge in [-0.1, -0.05) is 12.1 Å². The van der Waals surface area contributed by atoms with Gasteiger partial charge in [-0.15, -0.1) is 0 Å². The van der Waals surface area contributed by atoms with E-state index in [1.54, 1.807) is 20.8 Å². The largest absolute Gasteiger partial charge is 0.486 e. The van der Waals surface area contributed by atoms with Gasteiger partial charge in [0.15, 0.2) is 0 Å². The Morgan fingerprint density at radius 3 is 2.19 bits per heavy atom. The zero-order valence-electron chi connectivity index (χ0n) is 16.7. The van der Waals surface area contributed by atoms with Crippen LogP contribution in [0, 0.1) is 13.8 Å². The molecule has 142 valence electrons. The maximum absolute atomic E-state index is 11.9. The molecule has 8 heteroatoms. The van der Waals surface area contributed by atoms with Gasteiger partial charge in [0.1, 0.15) is 5.56 Å². The SMILES string of the molecule is CCOC(=O)c1c(C)nc(NCC=CB2OC(C)(C)C(C)(C)O2)nc1C. The summed E-state index contributed by atoms with van der Waals surface area (Å²) in [6.45, 7) is 14.2. The van der Waals surface area contributed by atoms with Crippen molar-refractivity contribution >= 4 is 19.0 Å². The van der Waals surface area contributed by atoms with E-state index in [4.69, 9.17) is 14.0 Å². The van der Waals surface area contributed by atoms with Gasteiger partial charge < -0.3 is 19.4 Å². The second-order valence-electron chi connectivity index (χ2n) is 7.25. The molecule has 0 atom stereocenters. The summed E-state index contributed by atoms with van der Waals surface area (Å²) < 4.78 is 16.8. The summed E-state index contributed by atoms with van der Waals surface area (Å²) in [5.41, 5.74) is 0.901. The van der Waals surface area contributed by atoms with E-state index in [1.165, 1.54) is 0 Å². The van der Waals surface area contributed by atoms with E-state index in [2.05, 4.69) is 15.3 Å². The maximum atomic E-state index is 11.9. The van der Waals surface area contributed by atoms with E-state index in [-0.39, 0.29) is 18.3 Å². The average molecular weight is 361 g/mol. The van der Waals surface area contributed by atoms with E-state index in [1.807, 2.05) is 39.7 Å². The van der Waals surface area contributed by atoms with Crippen LogP contribution in [0.25, 0.3) is 0 Å². The first kappa shape index (κ1) is 20.4. The predicted octanol–water partition coefficient (Wildman–Crippen LogP) is 2.87. The van der Waals surface area contributed by atoms with Crippen LogP contribution in [0.5, 0.6) is 0 Å². The second kappa shape index (κ2) is 7.76. The molecule has 1 fully saturated rings. The number of carbonyl (C=O) groups is 1. The number of nitrogens with zero attached hydrogens (tertiary/aromatic N) is 2. The number of hydrogen-bond acceptors (Lipinski definition) is 7. The number of hydrogen-bond donors (Lipinski definition) is 1. The minimum Gasteiger partial charge on any atom is -0.462 e. The van der Waals surface area contributed by atoms with Crippen molar-refractivity contribution in [3.63, 3.8) is 0 Å². The van der Waals surface area contributed by atoms with E-state index < -0.39 is 5.97 Å². The van der Waals surface area contributed by atoms with Gasteiger partial charge in [-0.25, -0.2) is 14.8 Å². The molecule has 0 aromatic carbocycles. The Morgan fingerprint density at radius 2 is 1.69 bits per heavy atom. The highest BCUT2D eigenvalue weighted by atomic mass is 16.7. The average Bonchev–Trinajstić information content (AvgIpc) is 2.71. The molecule has 0 unspecified atom stereocenters. The van der Waals surface area contributed by atoms with Crippen molar-refractivity contribution in [1.29, 1.82) is 0 Å². The summed E-state index contributed by atoms with van der Waals surface area (Å²) in [5.74, 6) is 1.94. The molecule has 0 saturated carbocycles. The number of carbonyl (C=O) groups excluding carboxylic acids is 1. The van der Waals surface area contributed by atoms with Crippen molar-refractivity contribution in [1.82, 2.24) is 9.97 Å². The standard InChI is InChI=1S/C18H28BN3O4/c1-8-24-15(23)14-12(2)21-16(22-13(14)3)20-11-9-10-19-25-17(4,5)18(6,7)26-19/h9-10H,8,11H2,1-7H3,(H,20,21,22). The Kier molecular flexibility index (Phi) is 6.08. The highest BCUT2D eigenvalue weighted by Crippen LogP contribution is 2.36. The lowest BCUT2D eigenvalue weighted by molar-refractivity contribution is 0.00578. The molecule has 0 amide bonds. The molecule has 0 radical (unpaired) electrons. The highest BCUT2D eigenvalue weighted by molar-refractivity contribution is 6.51. The minimum absolute atomic E-state index is 0.321. The van der Waals surface area contributed by atoms with Gasteiger partial charge in [0.05, 0.1) is 29.2 Å². The zero-order valence-corrected chi connectivity index (χ0v) is 16.7. The second-order valence-corrected chi connectivity index (χ2v) is 7.25. The number of ether oxygens (including phenoxy) is 1. The first-order valence-corrected chi connectivity index (χ1v) is 8.86. The van der Waals surface area contributed by atoms with Crippen molar-refractivity contribution in [3.05, 3.63) is 29.0 Å². The van der Waals surface area contributed by atoms with Crippen LogP contribution in [0.15, 0.2) is 12.1 Å². The number of aryl methyl sites for hydroxylation is 2. The Balaban J connectivity index is 1.95. The molecule has 0 spiro atoms. The van der Waals surface area contributed by atoms with Gasteiger partial charge in [0.2, 0.25) is 5.95 Å². The zero-order chi connectivity index (χ0) is 19.5. The molecule has 2 heterocycles. The quantitative estimate of drug-likeness (QED) is 0.616. The van der Waals surface area contributed by atoms with Crippen LogP contribution in [-0.4, -0.2) is 47.4 Å². The summed E-state index contributed by atoms with van der Waals surface area (Å²) >= 11 is 0. The Morgan fingerprint density at radius 1 is 1.15 bits per heavy atom. The van der Waals surface area contributed by atoms with Crippen LogP contribution in [0.3, 0.4) is 0 Å². The first-order valence-electron chi connectivity index (χ1n) is 8.86. The van der Waals surface area contributed by atoms with Crippen molar-refractivity contribution in [2.24, 2.45) is 0 Å². The summed E-state index contributed by atoms with van der Waals surface area (Å²) in [6.07, 6.45) is 1.91. The van der Waals surface area contributed by atoms with Crippen molar-refractivity contribution < 1.29 is 18.8 Å². The molecule has 7 nitrogen and oxygen atoms in total. The van der Waals surface area contributed by atoms with Gasteiger partial charge >= 0.3 is 13.1 Å². The number of anilines is 1. The summed E-state index contributed by atoms with van der Waals surface area (Å²) in [7, 11) is -0.377. The van der Waals surface area contributed by atoms with Crippen molar-refractivity contribution in [2.75, 3.05) is 18.5 Å². The number of rotatable bonds is 6. The van der Waals surface area contributed by atoms with Gasteiger partial charge in [-0.05, 0) is 48.5 Å². The lowest BCUT2D eigenvalue weighted by atomic mass is 9.90. The summed E-state index contributed by atoms with van der Waals surface area (Å²) in [5, 5.41) is 3.12.